The van der Waals surface area contributed by atoms with Gasteiger partial charge in [-0.1, -0.05) is 54.6 Å². The fourth-order valence-electron chi connectivity index (χ4n) is 4.17. The Morgan fingerprint density at radius 2 is 1.36 bits per heavy atom. The minimum Gasteiger partial charge on any atom is -0.296 e. The largest absolute Gasteiger partial charge is 0.296 e. The van der Waals surface area contributed by atoms with Crippen molar-refractivity contribution >= 4 is 44.9 Å². The second-order valence-electron chi connectivity index (χ2n) is 7.66. The van der Waals surface area contributed by atoms with Gasteiger partial charge in [0, 0.05) is 48.7 Å². The third-order valence-corrected chi connectivity index (χ3v) is 5.67. The zero-order valence-corrected chi connectivity index (χ0v) is 20.0. The zero-order chi connectivity index (χ0) is 21.3. The Bertz CT molecular complexity index is 1570. The van der Waals surface area contributed by atoms with Crippen LogP contribution in [0.5, 0.6) is 0 Å². The van der Waals surface area contributed by atoms with Crippen LogP contribution in [-0.2, 0) is 20.1 Å². The van der Waals surface area contributed by atoms with E-state index in [1.54, 1.807) is 12.4 Å². The number of pyridine rings is 3. The van der Waals surface area contributed by atoms with E-state index < -0.39 is 0 Å². The molecule has 1 aliphatic carbocycles. The standard InChI is InChI=1S/C17H10N.C12H8N2.Ir/c1-2-5-12(6-3-1)16-11-14-10-9-13-7-4-8-15(18-16)17(13)14;1-3-9-5-6-10-4-2-8-14-12(10)11(9)13-7-1;/h1-5,7-11H;1-8H;/q-1;;. The molecule has 0 saturated heterocycles. The number of rotatable bonds is 1. The van der Waals surface area contributed by atoms with Crippen LogP contribution in [0.3, 0.4) is 0 Å². The van der Waals surface area contributed by atoms with Gasteiger partial charge in [0.1, 0.15) is 0 Å². The van der Waals surface area contributed by atoms with Crippen molar-refractivity contribution in [2.24, 2.45) is 0 Å². The second kappa shape index (κ2) is 9.03. The summed E-state index contributed by atoms with van der Waals surface area (Å²) in [5.41, 5.74) is 7.56. The molecule has 0 N–H and O–H groups in total. The average Bonchev–Trinajstić information content (AvgIpc) is 3.29. The monoisotopic (exact) mass is 601 g/mol. The van der Waals surface area contributed by atoms with E-state index in [2.05, 4.69) is 76.7 Å². The van der Waals surface area contributed by atoms with Gasteiger partial charge < -0.3 is 0 Å². The minimum atomic E-state index is 0. The van der Waals surface area contributed by atoms with Gasteiger partial charge in [0.15, 0.2) is 0 Å². The summed E-state index contributed by atoms with van der Waals surface area (Å²) in [6.45, 7) is 0. The molecule has 0 atom stereocenters. The molecule has 7 rings (SSSR count). The average molecular weight is 601 g/mol. The molecule has 3 nitrogen and oxygen atoms in total. The molecule has 0 saturated carbocycles. The van der Waals surface area contributed by atoms with E-state index >= 15 is 0 Å². The Labute approximate surface area is 205 Å². The molecule has 0 fully saturated rings. The van der Waals surface area contributed by atoms with Crippen molar-refractivity contribution in [2.75, 3.05) is 0 Å². The van der Waals surface area contributed by atoms with Gasteiger partial charge in [0.25, 0.3) is 0 Å². The molecule has 3 aromatic carbocycles. The normalized spacial score (nSPS) is 11.3. The van der Waals surface area contributed by atoms with Crippen molar-refractivity contribution in [3.8, 4) is 11.3 Å². The third kappa shape index (κ3) is 3.95. The molecule has 33 heavy (non-hydrogen) atoms. The van der Waals surface area contributed by atoms with E-state index in [-0.39, 0.29) is 20.1 Å². The van der Waals surface area contributed by atoms with Crippen molar-refractivity contribution in [2.45, 2.75) is 0 Å². The summed E-state index contributed by atoms with van der Waals surface area (Å²) < 4.78 is 0. The molecule has 1 aliphatic rings. The predicted molar refractivity (Wildman–Crippen MR) is 132 cm³/mol. The SMILES string of the molecule is [Ir].[c-]1ccccc1-c1cc2c3c(cccc3n1)C=C2.c1cnc2c(c1)ccc1cccnc12. The van der Waals surface area contributed by atoms with Crippen molar-refractivity contribution in [3.05, 3.63) is 115 Å². The van der Waals surface area contributed by atoms with Gasteiger partial charge >= 0.3 is 0 Å². The van der Waals surface area contributed by atoms with Crippen molar-refractivity contribution in [1.82, 2.24) is 15.0 Å². The van der Waals surface area contributed by atoms with Crippen LogP contribution in [0.1, 0.15) is 11.1 Å². The maximum absolute atomic E-state index is 4.74. The van der Waals surface area contributed by atoms with Crippen LogP contribution >= 0.6 is 0 Å². The van der Waals surface area contributed by atoms with Gasteiger partial charge in [-0.3, -0.25) is 15.0 Å². The second-order valence-corrected chi connectivity index (χ2v) is 7.66. The van der Waals surface area contributed by atoms with Gasteiger partial charge in [-0.2, -0.15) is 0 Å². The summed E-state index contributed by atoms with van der Waals surface area (Å²) >= 11 is 0. The molecule has 6 aromatic rings. The van der Waals surface area contributed by atoms with Gasteiger partial charge in [0.05, 0.1) is 16.6 Å². The van der Waals surface area contributed by atoms with Crippen LogP contribution in [-0.4, -0.2) is 15.0 Å². The minimum absolute atomic E-state index is 0. The molecule has 1 radical (unpaired) electrons. The number of benzene rings is 3. The molecule has 159 valence electrons. The molecule has 3 aromatic heterocycles. The topological polar surface area (TPSA) is 38.7 Å². The third-order valence-electron chi connectivity index (χ3n) is 5.67. The Kier molecular flexibility index (Phi) is 5.78. The fraction of sp³-hybridized carbons (Fsp3) is 0. The molecular formula is C29H18IrN3-. The van der Waals surface area contributed by atoms with Gasteiger partial charge in [0.2, 0.25) is 0 Å². The summed E-state index contributed by atoms with van der Waals surface area (Å²) in [5.74, 6) is 0. The van der Waals surface area contributed by atoms with E-state index in [0.717, 1.165) is 38.6 Å². The van der Waals surface area contributed by atoms with Crippen LogP contribution < -0.4 is 0 Å². The van der Waals surface area contributed by atoms with Crippen LogP contribution in [0.25, 0.3) is 56.1 Å². The summed E-state index contributed by atoms with van der Waals surface area (Å²) in [7, 11) is 0. The first kappa shape index (κ1) is 21.1. The van der Waals surface area contributed by atoms with Gasteiger partial charge in [-0.15, -0.1) is 35.9 Å². The van der Waals surface area contributed by atoms with Crippen molar-refractivity contribution in [1.29, 1.82) is 0 Å². The van der Waals surface area contributed by atoms with E-state index in [4.69, 9.17) is 4.98 Å². The first-order chi connectivity index (χ1) is 15.9. The van der Waals surface area contributed by atoms with Crippen LogP contribution in [0.2, 0.25) is 0 Å². The maximum atomic E-state index is 4.74. The predicted octanol–water partition coefficient (Wildman–Crippen LogP) is 6.97. The number of nitrogens with zero attached hydrogens (tertiary/aromatic N) is 3. The smallest absolute Gasteiger partial charge is 0.0964 e. The Balaban J connectivity index is 0.000000138. The summed E-state index contributed by atoms with van der Waals surface area (Å²) in [4.78, 5) is 13.4. The molecule has 0 spiro atoms. The maximum Gasteiger partial charge on any atom is 0.0964 e. The molecular weight excluding hydrogens is 583 g/mol. The molecule has 0 unspecified atom stereocenters. The fourth-order valence-corrected chi connectivity index (χ4v) is 4.17. The first-order valence-electron chi connectivity index (χ1n) is 10.5. The Morgan fingerprint density at radius 1 is 0.636 bits per heavy atom. The van der Waals surface area contributed by atoms with E-state index in [0.29, 0.717) is 0 Å². The van der Waals surface area contributed by atoms with Crippen LogP contribution in [0.4, 0.5) is 0 Å². The molecule has 0 aliphatic heterocycles. The summed E-state index contributed by atoms with van der Waals surface area (Å²) in [6, 6.07) is 31.7. The molecule has 0 bridgehead atoms. The summed E-state index contributed by atoms with van der Waals surface area (Å²) in [6.07, 6.45) is 7.91. The summed E-state index contributed by atoms with van der Waals surface area (Å²) in [5, 5.41) is 3.54. The van der Waals surface area contributed by atoms with Crippen molar-refractivity contribution in [3.63, 3.8) is 0 Å². The number of fused-ring (bicyclic) bond motifs is 3. The van der Waals surface area contributed by atoms with Crippen LogP contribution in [0, 0.1) is 6.07 Å². The van der Waals surface area contributed by atoms with E-state index in [9.17, 15) is 0 Å². The molecule has 3 heterocycles. The van der Waals surface area contributed by atoms with Crippen LogP contribution in [0.15, 0.2) is 97.3 Å². The quantitative estimate of drug-likeness (QED) is 0.151. The zero-order valence-electron chi connectivity index (χ0n) is 17.6. The number of aromatic nitrogens is 3. The number of hydrogen-bond acceptors (Lipinski definition) is 3. The first-order valence-corrected chi connectivity index (χ1v) is 10.5. The Morgan fingerprint density at radius 3 is 2.06 bits per heavy atom. The van der Waals surface area contributed by atoms with Gasteiger partial charge in [-0.25, -0.2) is 0 Å². The molecule has 4 heteroatoms. The van der Waals surface area contributed by atoms with E-state index in [1.807, 2.05) is 36.4 Å². The molecule has 0 amide bonds. The van der Waals surface area contributed by atoms with Gasteiger partial charge in [-0.05, 0) is 35.0 Å². The van der Waals surface area contributed by atoms with Crippen molar-refractivity contribution < 1.29 is 20.1 Å². The van der Waals surface area contributed by atoms with E-state index in [1.165, 1.54) is 16.5 Å². The number of hydrogen-bond donors (Lipinski definition) is 0. The Hall–Kier alpha value is -3.72.